The molecule has 1 aromatic heterocycles. The molecule has 4 aromatic rings. The lowest BCUT2D eigenvalue weighted by Gasteiger charge is -2.25. The molecule has 1 N–H and O–H groups in total. The predicted octanol–water partition coefficient (Wildman–Crippen LogP) is 6.37. The van der Waals surface area contributed by atoms with Crippen LogP contribution < -0.4 is 9.64 Å². The molecular formula is C31H26N2O4. The van der Waals surface area contributed by atoms with Crippen LogP contribution in [0, 0.1) is 6.92 Å². The van der Waals surface area contributed by atoms with Crippen molar-refractivity contribution < 1.29 is 19.4 Å². The Morgan fingerprint density at radius 2 is 1.70 bits per heavy atom. The number of aliphatic hydroxyl groups excluding tert-OH is 1. The number of carbonyl (C=O) groups excluding carboxylic acids is 2. The molecule has 37 heavy (non-hydrogen) atoms. The van der Waals surface area contributed by atoms with Gasteiger partial charge in [-0.3, -0.25) is 19.5 Å². The van der Waals surface area contributed by atoms with Gasteiger partial charge in [-0.1, -0.05) is 49.4 Å². The summed E-state index contributed by atoms with van der Waals surface area (Å²) in [6.45, 7) is 4.03. The molecule has 1 aliphatic rings. The second-order valence-corrected chi connectivity index (χ2v) is 8.92. The fourth-order valence-electron chi connectivity index (χ4n) is 4.50. The Hall–Kier alpha value is -4.71. The van der Waals surface area contributed by atoms with Crippen LogP contribution in [0.1, 0.15) is 35.2 Å². The molecule has 0 aliphatic carbocycles. The van der Waals surface area contributed by atoms with E-state index in [0.29, 0.717) is 28.3 Å². The third-order valence-electron chi connectivity index (χ3n) is 6.42. The fourth-order valence-corrected chi connectivity index (χ4v) is 4.50. The summed E-state index contributed by atoms with van der Waals surface area (Å²) in [4.78, 5) is 32.2. The number of ether oxygens (including phenoxy) is 1. The van der Waals surface area contributed by atoms with Gasteiger partial charge in [-0.15, -0.1) is 0 Å². The highest BCUT2D eigenvalue weighted by atomic mass is 16.5. The van der Waals surface area contributed by atoms with E-state index in [0.717, 1.165) is 17.5 Å². The van der Waals surface area contributed by atoms with Gasteiger partial charge in [0.15, 0.2) is 0 Å². The average Bonchev–Trinajstić information content (AvgIpc) is 3.19. The van der Waals surface area contributed by atoms with E-state index in [1.54, 1.807) is 60.9 Å². The van der Waals surface area contributed by atoms with Crippen molar-refractivity contribution in [2.45, 2.75) is 26.3 Å². The highest BCUT2D eigenvalue weighted by Crippen LogP contribution is 2.42. The molecule has 2 heterocycles. The molecule has 6 nitrogen and oxygen atoms in total. The van der Waals surface area contributed by atoms with E-state index in [1.165, 1.54) is 4.90 Å². The standard InChI is InChI=1S/C31H26N2O4/c1-3-21-9-11-22(12-10-21)29(34)27-28(23-7-5-17-32-19-23)33(31(36)30(27)35)24-13-15-25(16-14-24)37-26-8-4-6-20(2)18-26/h4-19,28,34H,3H2,1-2H3/b29-27-. The third-order valence-corrected chi connectivity index (χ3v) is 6.42. The minimum absolute atomic E-state index is 0.0299. The summed E-state index contributed by atoms with van der Waals surface area (Å²) < 4.78 is 5.94. The van der Waals surface area contributed by atoms with Gasteiger partial charge in [-0.25, -0.2) is 0 Å². The first kappa shape index (κ1) is 24.0. The number of aryl methyl sites for hydroxylation is 2. The van der Waals surface area contributed by atoms with Crippen LogP contribution in [0.4, 0.5) is 5.69 Å². The van der Waals surface area contributed by atoms with Gasteiger partial charge in [0.05, 0.1) is 11.6 Å². The van der Waals surface area contributed by atoms with Crippen molar-refractivity contribution in [3.8, 4) is 11.5 Å². The summed E-state index contributed by atoms with van der Waals surface area (Å²) in [5.41, 5.74) is 3.82. The molecule has 0 bridgehead atoms. The molecule has 6 heteroatoms. The third kappa shape index (κ3) is 4.74. The van der Waals surface area contributed by atoms with Crippen molar-refractivity contribution >= 4 is 23.1 Å². The molecule has 1 unspecified atom stereocenters. The summed E-state index contributed by atoms with van der Waals surface area (Å²) in [6, 6.07) is 24.7. The van der Waals surface area contributed by atoms with E-state index < -0.39 is 17.7 Å². The van der Waals surface area contributed by atoms with Gasteiger partial charge in [0.2, 0.25) is 0 Å². The number of benzene rings is 3. The van der Waals surface area contributed by atoms with Crippen LogP contribution in [0.2, 0.25) is 0 Å². The van der Waals surface area contributed by atoms with Gasteiger partial charge in [-0.05, 0) is 72.5 Å². The maximum atomic E-state index is 13.3. The number of rotatable bonds is 6. The van der Waals surface area contributed by atoms with Crippen molar-refractivity contribution in [1.29, 1.82) is 0 Å². The first-order valence-electron chi connectivity index (χ1n) is 12.1. The number of hydrogen-bond acceptors (Lipinski definition) is 5. The van der Waals surface area contributed by atoms with Crippen molar-refractivity contribution in [3.63, 3.8) is 0 Å². The van der Waals surface area contributed by atoms with E-state index in [4.69, 9.17) is 4.74 Å². The smallest absolute Gasteiger partial charge is 0.300 e. The average molecular weight is 491 g/mol. The van der Waals surface area contributed by atoms with Crippen molar-refractivity contribution in [2.75, 3.05) is 4.90 Å². The Kier molecular flexibility index (Phi) is 6.56. The van der Waals surface area contributed by atoms with Crippen molar-refractivity contribution in [2.24, 2.45) is 0 Å². The predicted molar refractivity (Wildman–Crippen MR) is 143 cm³/mol. The minimum Gasteiger partial charge on any atom is -0.507 e. The van der Waals surface area contributed by atoms with Gasteiger partial charge in [0.25, 0.3) is 11.7 Å². The summed E-state index contributed by atoms with van der Waals surface area (Å²) in [5.74, 6) is -0.367. The number of carbonyl (C=O) groups is 2. The van der Waals surface area contributed by atoms with Crippen LogP contribution >= 0.6 is 0 Å². The van der Waals surface area contributed by atoms with Crippen molar-refractivity contribution in [3.05, 3.63) is 125 Å². The lowest BCUT2D eigenvalue weighted by Crippen LogP contribution is -2.29. The zero-order valence-electron chi connectivity index (χ0n) is 20.6. The molecule has 0 spiro atoms. The first-order valence-corrected chi connectivity index (χ1v) is 12.1. The molecule has 1 atom stereocenters. The summed E-state index contributed by atoms with van der Waals surface area (Å²) in [7, 11) is 0. The highest BCUT2D eigenvalue weighted by Gasteiger charge is 2.47. The van der Waals surface area contributed by atoms with Gasteiger partial charge < -0.3 is 9.84 Å². The second-order valence-electron chi connectivity index (χ2n) is 8.92. The zero-order valence-corrected chi connectivity index (χ0v) is 20.6. The number of hydrogen-bond donors (Lipinski definition) is 1. The number of ketones is 1. The molecule has 0 radical (unpaired) electrons. The largest absolute Gasteiger partial charge is 0.507 e. The maximum absolute atomic E-state index is 13.3. The number of amides is 1. The SMILES string of the molecule is CCc1ccc(/C(O)=C2/C(=O)C(=O)N(c3ccc(Oc4cccc(C)c4)cc3)C2c2cccnc2)cc1. The molecule has 1 saturated heterocycles. The van der Waals surface area contributed by atoms with E-state index in [1.807, 2.05) is 50.2 Å². The monoisotopic (exact) mass is 490 g/mol. The fraction of sp³-hybridized carbons (Fsp3) is 0.129. The number of anilines is 1. The van der Waals surface area contributed by atoms with Crippen LogP contribution in [0.25, 0.3) is 5.76 Å². The van der Waals surface area contributed by atoms with Crippen LogP contribution in [0.15, 0.2) is 103 Å². The molecule has 184 valence electrons. The van der Waals surface area contributed by atoms with Crippen LogP contribution in [-0.4, -0.2) is 21.8 Å². The Morgan fingerprint density at radius 1 is 0.946 bits per heavy atom. The second kappa shape index (κ2) is 10.1. The van der Waals surface area contributed by atoms with E-state index in [2.05, 4.69) is 4.98 Å². The van der Waals surface area contributed by atoms with E-state index >= 15 is 0 Å². The van der Waals surface area contributed by atoms with Gasteiger partial charge in [-0.2, -0.15) is 0 Å². The zero-order chi connectivity index (χ0) is 25.9. The Bertz CT molecular complexity index is 1480. The number of aliphatic hydroxyl groups is 1. The summed E-state index contributed by atoms with van der Waals surface area (Å²) in [5, 5.41) is 11.2. The van der Waals surface area contributed by atoms with Gasteiger partial charge in [0, 0.05) is 23.6 Å². The number of Topliss-reactive ketones (excluding diaryl/α,β-unsaturated/α-hetero) is 1. The lowest BCUT2D eigenvalue weighted by molar-refractivity contribution is -0.132. The highest BCUT2D eigenvalue weighted by molar-refractivity contribution is 6.51. The molecule has 3 aromatic carbocycles. The molecule has 5 rings (SSSR count). The lowest BCUT2D eigenvalue weighted by atomic mass is 9.95. The van der Waals surface area contributed by atoms with Gasteiger partial charge >= 0.3 is 0 Å². The van der Waals surface area contributed by atoms with Crippen molar-refractivity contribution in [1.82, 2.24) is 4.98 Å². The summed E-state index contributed by atoms with van der Waals surface area (Å²) >= 11 is 0. The molecule has 1 aliphatic heterocycles. The quantitative estimate of drug-likeness (QED) is 0.193. The topological polar surface area (TPSA) is 79.7 Å². The Morgan fingerprint density at radius 3 is 2.35 bits per heavy atom. The Balaban J connectivity index is 1.55. The normalized spacial score (nSPS) is 16.7. The molecular weight excluding hydrogens is 464 g/mol. The summed E-state index contributed by atoms with van der Waals surface area (Å²) in [6.07, 6.45) is 4.08. The molecule has 1 amide bonds. The maximum Gasteiger partial charge on any atom is 0.300 e. The number of aromatic nitrogens is 1. The van der Waals surface area contributed by atoms with Crippen LogP contribution in [-0.2, 0) is 16.0 Å². The van der Waals surface area contributed by atoms with Crippen LogP contribution in [0.3, 0.4) is 0 Å². The Labute approximate surface area is 215 Å². The molecule has 0 saturated carbocycles. The van der Waals surface area contributed by atoms with E-state index in [-0.39, 0.29) is 11.3 Å². The first-order chi connectivity index (χ1) is 18.0. The number of pyridine rings is 1. The number of nitrogens with zero attached hydrogens (tertiary/aromatic N) is 2. The molecule has 1 fully saturated rings. The van der Waals surface area contributed by atoms with Gasteiger partial charge in [0.1, 0.15) is 17.3 Å². The minimum atomic E-state index is -0.830. The van der Waals surface area contributed by atoms with E-state index in [9.17, 15) is 14.7 Å². The van der Waals surface area contributed by atoms with Crippen LogP contribution in [0.5, 0.6) is 11.5 Å².